The van der Waals surface area contributed by atoms with Gasteiger partial charge in [0.2, 0.25) is 0 Å². The molecule has 1 saturated heterocycles. The highest BCUT2D eigenvalue weighted by atomic mass is 127. The molecule has 0 saturated carbocycles. The van der Waals surface area contributed by atoms with Crippen LogP contribution in [0, 0.1) is 5.92 Å². The van der Waals surface area contributed by atoms with E-state index in [4.69, 9.17) is 4.74 Å². The average Bonchev–Trinajstić information content (AvgIpc) is 2.55. The molecule has 0 spiro atoms. The minimum atomic E-state index is 0. The first-order valence-electron chi connectivity index (χ1n) is 7.97. The molecule has 0 aliphatic carbocycles. The fourth-order valence-electron chi connectivity index (χ4n) is 2.83. The van der Waals surface area contributed by atoms with Crippen LogP contribution in [0.15, 0.2) is 29.3 Å². The third-order valence-electron chi connectivity index (χ3n) is 4.12. The van der Waals surface area contributed by atoms with Crippen molar-refractivity contribution in [3.8, 4) is 5.75 Å². The van der Waals surface area contributed by atoms with E-state index < -0.39 is 0 Å². The highest BCUT2D eigenvalue weighted by Crippen LogP contribution is 2.14. The Balaban J connectivity index is 0.00000264. The maximum absolute atomic E-state index is 5.17. The summed E-state index contributed by atoms with van der Waals surface area (Å²) in [6, 6.07) is 8.08. The van der Waals surface area contributed by atoms with Gasteiger partial charge in [0, 0.05) is 26.7 Å². The maximum atomic E-state index is 5.17. The van der Waals surface area contributed by atoms with E-state index in [-0.39, 0.29) is 24.0 Å². The van der Waals surface area contributed by atoms with E-state index in [1.807, 2.05) is 19.2 Å². The number of hydrogen-bond acceptors (Lipinski definition) is 3. The van der Waals surface area contributed by atoms with Crippen LogP contribution in [-0.4, -0.2) is 51.7 Å². The normalized spacial score (nSPS) is 18.9. The molecule has 1 atom stereocenters. The minimum Gasteiger partial charge on any atom is -0.497 e. The van der Waals surface area contributed by atoms with E-state index in [2.05, 4.69) is 39.7 Å². The Bertz CT molecular complexity index is 478. The summed E-state index contributed by atoms with van der Waals surface area (Å²) in [7, 11) is 5.70. The first kappa shape index (κ1) is 20.0. The zero-order chi connectivity index (χ0) is 15.8. The van der Waals surface area contributed by atoms with Gasteiger partial charge < -0.3 is 20.3 Å². The lowest BCUT2D eigenvalue weighted by atomic mass is 9.99. The van der Waals surface area contributed by atoms with Gasteiger partial charge in [-0.05, 0) is 50.0 Å². The Morgan fingerprint density at radius 2 is 2.04 bits per heavy atom. The molecule has 5 nitrogen and oxygen atoms in total. The first-order chi connectivity index (χ1) is 10.7. The molecule has 1 heterocycles. The number of ether oxygens (including phenoxy) is 1. The molecule has 0 amide bonds. The summed E-state index contributed by atoms with van der Waals surface area (Å²) >= 11 is 0. The molecule has 0 aromatic heterocycles. The molecule has 0 bridgehead atoms. The number of aliphatic imine (C=N–C) groups is 1. The molecule has 6 heteroatoms. The topological polar surface area (TPSA) is 48.9 Å². The summed E-state index contributed by atoms with van der Waals surface area (Å²) in [5.41, 5.74) is 1.21. The number of hydrogen-bond donors (Lipinski definition) is 2. The van der Waals surface area contributed by atoms with E-state index in [1.54, 1.807) is 7.11 Å². The van der Waals surface area contributed by atoms with Crippen molar-refractivity contribution in [3.05, 3.63) is 29.8 Å². The second kappa shape index (κ2) is 10.7. The Kier molecular flexibility index (Phi) is 9.31. The molecule has 130 valence electrons. The summed E-state index contributed by atoms with van der Waals surface area (Å²) in [6.45, 7) is 4.13. The molecular formula is C17H29IN4O. The number of methoxy groups -OCH3 is 1. The Morgan fingerprint density at radius 3 is 2.65 bits per heavy atom. The standard InChI is InChI=1S/C17H28N4O.HI/c1-18-17(20-12-15-5-4-10-21(2)13-15)19-11-14-6-8-16(22-3)9-7-14;/h6-9,15H,4-5,10-13H2,1-3H3,(H2,18,19,20);1H. The van der Waals surface area contributed by atoms with E-state index in [1.165, 1.54) is 31.5 Å². The molecule has 1 aliphatic rings. The lowest BCUT2D eigenvalue weighted by Crippen LogP contribution is -2.43. The van der Waals surface area contributed by atoms with Gasteiger partial charge in [0.05, 0.1) is 7.11 Å². The Labute approximate surface area is 156 Å². The van der Waals surface area contributed by atoms with Gasteiger partial charge in [0.15, 0.2) is 5.96 Å². The van der Waals surface area contributed by atoms with Crippen LogP contribution < -0.4 is 15.4 Å². The van der Waals surface area contributed by atoms with Crippen LogP contribution in [-0.2, 0) is 6.54 Å². The van der Waals surface area contributed by atoms with Crippen LogP contribution in [0.4, 0.5) is 0 Å². The third-order valence-corrected chi connectivity index (χ3v) is 4.12. The highest BCUT2D eigenvalue weighted by molar-refractivity contribution is 14.0. The summed E-state index contributed by atoms with van der Waals surface area (Å²) in [4.78, 5) is 6.70. The molecule has 1 aliphatic heterocycles. The molecular weight excluding hydrogens is 403 g/mol. The van der Waals surface area contributed by atoms with Crippen LogP contribution in [0.1, 0.15) is 18.4 Å². The van der Waals surface area contributed by atoms with Crippen molar-refractivity contribution in [3.63, 3.8) is 0 Å². The molecule has 23 heavy (non-hydrogen) atoms. The summed E-state index contributed by atoms with van der Waals surface area (Å²) < 4.78 is 5.17. The van der Waals surface area contributed by atoms with Crippen molar-refractivity contribution in [2.24, 2.45) is 10.9 Å². The van der Waals surface area contributed by atoms with Crippen LogP contribution in [0.5, 0.6) is 5.75 Å². The molecule has 2 rings (SSSR count). The Hall–Kier alpha value is -1.02. The predicted octanol–water partition coefficient (Wildman–Crippen LogP) is 2.32. The van der Waals surface area contributed by atoms with Gasteiger partial charge >= 0.3 is 0 Å². The fourth-order valence-corrected chi connectivity index (χ4v) is 2.83. The smallest absolute Gasteiger partial charge is 0.191 e. The zero-order valence-corrected chi connectivity index (χ0v) is 16.7. The van der Waals surface area contributed by atoms with E-state index in [9.17, 15) is 0 Å². The van der Waals surface area contributed by atoms with Crippen molar-refractivity contribution in [2.75, 3.05) is 40.8 Å². The molecule has 1 unspecified atom stereocenters. The highest BCUT2D eigenvalue weighted by Gasteiger charge is 2.17. The second-order valence-electron chi connectivity index (χ2n) is 5.93. The number of nitrogens with one attached hydrogen (secondary N) is 2. The number of piperidine rings is 1. The summed E-state index contributed by atoms with van der Waals surface area (Å²) in [5, 5.41) is 6.80. The van der Waals surface area contributed by atoms with E-state index >= 15 is 0 Å². The summed E-state index contributed by atoms with van der Waals surface area (Å²) in [6.07, 6.45) is 2.59. The molecule has 1 fully saturated rings. The van der Waals surface area contributed by atoms with Crippen molar-refractivity contribution in [1.82, 2.24) is 15.5 Å². The SMILES string of the molecule is CN=C(NCc1ccc(OC)cc1)NCC1CCCN(C)C1.I. The monoisotopic (exact) mass is 432 g/mol. The molecule has 1 aromatic carbocycles. The van der Waals surface area contributed by atoms with Crippen molar-refractivity contribution in [2.45, 2.75) is 19.4 Å². The minimum absolute atomic E-state index is 0. The van der Waals surface area contributed by atoms with Crippen LogP contribution >= 0.6 is 24.0 Å². The average molecular weight is 432 g/mol. The third kappa shape index (κ3) is 6.95. The lowest BCUT2D eigenvalue weighted by molar-refractivity contribution is 0.210. The quantitative estimate of drug-likeness (QED) is 0.426. The van der Waals surface area contributed by atoms with Crippen LogP contribution in [0.3, 0.4) is 0 Å². The van der Waals surface area contributed by atoms with Crippen molar-refractivity contribution >= 4 is 29.9 Å². The number of nitrogens with zero attached hydrogens (tertiary/aromatic N) is 2. The maximum Gasteiger partial charge on any atom is 0.191 e. The van der Waals surface area contributed by atoms with Crippen molar-refractivity contribution in [1.29, 1.82) is 0 Å². The van der Waals surface area contributed by atoms with Gasteiger partial charge in [-0.3, -0.25) is 4.99 Å². The largest absolute Gasteiger partial charge is 0.497 e. The van der Waals surface area contributed by atoms with Crippen molar-refractivity contribution < 1.29 is 4.74 Å². The number of rotatable bonds is 5. The second-order valence-corrected chi connectivity index (χ2v) is 5.93. The van der Waals surface area contributed by atoms with Gasteiger partial charge in [-0.1, -0.05) is 12.1 Å². The van der Waals surface area contributed by atoms with Gasteiger partial charge in [0.1, 0.15) is 5.75 Å². The molecule has 1 aromatic rings. The number of benzene rings is 1. The number of likely N-dealkylation sites (tertiary alicyclic amines) is 1. The number of halogens is 1. The molecule has 2 N–H and O–H groups in total. The predicted molar refractivity (Wildman–Crippen MR) is 107 cm³/mol. The van der Waals surface area contributed by atoms with Gasteiger partial charge in [-0.2, -0.15) is 0 Å². The fraction of sp³-hybridized carbons (Fsp3) is 0.588. The van der Waals surface area contributed by atoms with Gasteiger partial charge in [-0.15, -0.1) is 24.0 Å². The zero-order valence-electron chi connectivity index (χ0n) is 14.3. The lowest BCUT2D eigenvalue weighted by Gasteiger charge is -2.30. The van der Waals surface area contributed by atoms with Gasteiger partial charge in [0.25, 0.3) is 0 Å². The van der Waals surface area contributed by atoms with Gasteiger partial charge in [-0.25, -0.2) is 0 Å². The number of guanidine groups is 1. The van der Waals surface area contributed by atoms with E-state index in [0.29, 0.717) is 5.92 Å². The molecule has 0 radical (unpaired) electrons. The van der Waals surface area contributed by atoms with E-state index in [0.717, 1.165) is 24.8 Å². The first-order valence-corrected chi connectivity index (χ1v) is 7.97. The van der Waals surface area contributed by atoms with Crippen LogP contribution in [0.2, 0.25) is 0 Å². The van der Waals surface area contributed by atoms with Crippen LogP contribution in [0.25, 0.3) is 0 Å². The summed E-state index contributed by atoms with van der Waals surface area (Å²) in [5.74, 6) is 2.45. The Morgan fingerprint density at radius 1 is 1.30 bits per heavy atom.